The second-order valence-corrected chi connectivity index (χ2v) is 9.01. The third-order valence-corrected chi connectivity index (χ3v) is 6.64. The molecular formula is C25H25N3O3S. The number of carbonyl (C=O) groups excluding carboxylic acids is 3. The molecular weight excluding hydrogens is 422 g/mol. The van der Waals surface area contributed by atoms with Crippen LogP contribution >= 0.6 is 11.3 Å². The molecule has 0 saturated carbocycles. The van der Waals surface area contributed by atoms with Crippen molar-refractivity contribution in [2.75, 3.05) is 0 Å². The number of aryl methyl sites for hydroxylation is 1. The van der Waals surface area contributed by atoms with Gasteiger partial charge in [0.2, 0.25) is 0 Å². The molecule has 1 fully saturated rings. The van der Waals surface area contributed by atoms with E-state index >= 15 is 0 Å². The Balaban J connectivity index is 1.60. The number of rotatable bonds is 7. The molecule has 0 unspecified atom stereocenters. The molecule has 0 aliphatic carbocycles. The lowest BCUT2D eigenvalue weighted by atomic mass is 9.91. The van der Waals surface area contributed by atoms with Crippen LogP contribution in [0, 0.1) is 0 Å². The Morgan fingerprint density at radius 3 is 2.50 bits per heavy atom. The second-order valence-electron chi connectivity index (χ2n) is 8.03. The van der Waals surface area contributed by atoms with Crippen molar-refractivity contribution in [3.63, 3.8) is 0 Å². The van der Waals surface area contributed by atoms with E-state index in [0.29, 0.717) is 11.1 Å². The average Bonchev–Trinajstić information content (AvgIpc) is 3.41. The minimum absolute atomic E-state index is 0.254. The largest absolute Gasteiger partial charge is 0.340 e. The van der Waals surface area contributed by atoms with Gasteiger partial charge in [-0.25, -0.2) is 4.79 Å². The first-order chi connectivity index (χ1) is 15.4. The molecule has 7 heteroatoms. The molecule has 0 radical (unpaired) electrons. The fourth-order valence-corrected chi connectivity index (χ4v) is 4.67. The van der Waals surface area contributed by atoms with Crippen LogP contribution in [0.3, 0.4) is 0 Å². The zero-order valence-corrected chi connectivity index (χ0v) is 18.8. The third-order valence-electron chi connectivity index (χ3n) is 5.70. The van der Waals surface area contributed by atoms with Crippen LogP contribution in [0.2, 0.25) is 0 Å². The van der Waals surface area contributed by atoms with Crippen LogP contribution < -0.4 is 16.0 Å². The van der Waals surface area contributed by atoms with Crippen molar-refractivity contribution in [3.8, 4) is 0 Å². The molecule has 4 rings (SSSR count). The lowest BCUT2D eigenvalue weighted by molar-refractivity contribution is -0.123. The Morgan fingerprint density at radius 2 is 1.88 bits per heavy atom. The van der Waals surface area contributed by atoms with Crippen molar-refractivity contribution < 1.29 is 14.4 Å². The Labute approximate surface area is 191 Å². The van der Waals surface area contributed by atoms with E-state index in [4.69, 9.17) is 0 Å². The number of amides is 4. The van der Waals surface area contributed by atoms with Gasteiger partial charge >= 0.3 is 6.03 Å². The molecule has 0 spiro atoms. The number of nitrogens with one attached hydrogen (secondary N) is 3. The molecule has 1 aromatic heterocycles. The predicted octanol–water partition coefficient (Wildman–Crippen LogP) is 4.27. The van der Waals surface area contributed by atoms with Gasteiger partial charge in [0.15, 0.2) is 0 Å². The molecule has 1 saturated heterocycles. The van der Waals surface area contributed by atoms with Gasteiger partial charge in [0.05, 0.1) is 6.04 Å². The van der Waals surface area contributed by atoms with E-state index in [2.05, 4.69) is 47.1 Å². The summed E-state index contributed by atoms with van der Waals surface area (Å²) >= 11 is 1.59. The molecule has 1 aliphatic heterocycles. The van der Waals surface area contributed by atoms with Crippen LogP contribution in [0.5, 0.6) is 0 Å². The van der Waals surface area contributed by atoms with Crippen LogP contribution in [0.25, 0.3) is 0 Å². The Morgan fingerprint density at radius 1 is 1.09 bits per heavy atom. The number of hydrogen-bond acceptors (Lipinski definition) is 4. The second kappa shape index (κ2) is 8.96. The summed E-state index contributed by atoms with van der Waals surface area (Å²) in [6.45, 7) is 3.77. The molecule has 164 valence electrons. The smallest absolute Gasteiger partial charge is 0.322 e. The highest BCUT2D eigenvalue weighted by atomic mass is 32.1. The number of carbonyl (C=O) groups is 3. The van der Waals surface area contributed by atoms with E-state index in [9.17, 15) is 14.4 Å². The SMILES string of the molecule is CCCc1ccc([C@@H](NC(=O)c2cccc([C@@]3(C)NC(=O)NC3=O)c2)c2cccs2)cc1. The molecule has 32 heavy (non-hydrogen) atoms. The highest BCUT2D eigenvalue weighted by Gasteiger charge is 2.43. The first kappa shape index (κ1) is 21.8. The maximum Gasteiger partial charge on any atom is 0.322 e. The van der Waals surface area contributed by atoms with Gasteiger partial charge in [-0.1, -0.05) is 55.8 Å². The molecule has 4 amide bonds. The molecule has 2 aromatic carbocycles. The Kier molecular flexibility index (Phi) is 6.10. The summed E-state index contributed by atoms with van der Waals surface area (Å²) in [4.78, 5) is 38.2. The van der Waals surface area contributed by atoms with E-state index < -0.39 is 17.5 Å². The lowest BCUT2D eigenvalue weighted by Gasteiger charge is -2.22. The zero-order valence-electron chi connectivity index (χ0n) is 18.0. The van der Waals surface area contributed by atoms with Gasteiger partial charge in [-0.2, -0.15) is 0 Å². The van der Waals surface area contributed by atoms with Gasteiger partial charge in [-0.15, -0.1) is 11.3 Å². The van der Waals surface area contributed by atoms with Crippen LogP contribution in [-0.2, 0) is 16.8 Å². The highest BCUT2D eigenvalue weighted by molar-refractivity contribution is 7.10. The van der Waals surface area contributed by atoms with E-state index in [0.717, 1.165) is 23.3 Å². The Bertz CT molecular complexity index is 1140. The predicted molar refractivity (Wildman–Crippen MR) is 125 cm³/mol. The van der Waals surface area contributed by atoms with Gasteiger partial charge in [0.1, 0.15) is 5.54 Å². The molecule has 3 N–H and O–H groups in total. The number of hydrogen-bond donors (Lipinski definition) is 3. The van der Waals surface area contributed by atoms with Crippen LogP contribution in [0.15, 0.2) is 66.0 Å². The van der Waals surface area contributed by atoms with E-state index in [1.54, 1.807) is 42.5 Å². The summed E-state index contributed by atoms with van der Waals surface area (Å²) in [5.74, 6) is -0.695. The fourth-order valence-electron chi connectivity index (χ4n) is 3.87. The third kappa shape index (κ3) is 4.29. The first-order valence-electron chi connectivity index (χ1n) is 10.6. The van der Waals surface area contributed by atoms with Gasteiger partial charge in [0, 0.05) is 10.4 Å². The molecule has 6 nitrogen and oxygen atoms in total. The summed E-state index contributed by atoms with van der Waals surface area (Å²) in [6, 6.07) is 18.3. The van der Waals surface area contributed by atoms with Crippen molar-refractivity contribution in [1.29, 1.82) is 0 Å². The van der Waals surface area contributed by atoms with Crippen molar-refractivity contribution in [2.45, 2.75) is 38.3 Å². The monoisotopic (exact) mass is 447 g/mol. The average molecular weight is 448 g/mol. The van der Waals surface area contributed by atoms with Crippen LogP contribution in [0.1, 0.15) is 58.2 Å². The number of imide groups is 1. The normalized spacial score (nSPS) is 18.7. The highest BCUT2D eigenvalue weighted by Crippen LogP contribution is 2.28. The molecule has 0 bridgehead atoms. The summed E-state index contributed by atoms with van der Waals surface area (Å²) in [5, 5.41) is 10.0. The number of urea groups is 1. The minimum atomic E-state index is -1.21. The van der Waals surface area contributed by atoms with Gasteiger partial charge < -0.3 is 10.6 Å². The first-order valence-corrected chi connectivity index (χ1v) is 11.5. The number of thiophene rings is 1. The lowest BCUT2D eigenvalue weighted by Crippen LogP contribution is -2.40. The molecule has 3 aromatic rings. The maximum atomic E-state index is 13.2. The summed E-state index contributed by atoms with van der Waals surface area (Å²) in [6.07, 6.45) is 2.10. The van der Waals surface area contributed by atoms with Gasteiger partial charge in [-0.05, 0) is 53.6 Å². The van der Waals surface area contributed by atoms with E-state index in [-0.39, 0.29) is 11.9 Å². The minimum Gasteiger partial charge on any atom is -0.340 e. The Hall–Kier alpha value is -3.45. The van der Waals surface area contributed by atoms with Crippen LogP contribution in [-0.4, -0.2) is 17.8 Å². The molecule has 2 atom stereocenters. The summed E-state index contributed by atoms with van der Waals surface area (Å²) in [5.41, 5.74) is 2.03. The number of benzene rings is 2. The fraction of sp³-hybridized carbons (Fsp3) is 0.240. The van der Waals surface area contributed by atoms with Crippen molar-refractivity contribution >= 4 is 29.2 Å². The van der Waals surface area contributed by atoms with Crippen molar-refractivity contribution in [3.05, 3.63) is 93.2 Å². The maximum absolute atomic E-state index is 13.2. The van der Waals surface area contributed by atoms with E-state index in [1.807, 2.05) is 17.5 Å². The molecule has 2 heterocycles. The zero-order chi connectivity index (χ0) is 22.7. The summed E-state index contributed by atoms with van der Waals surface area (Å²) < 4.78 is 0. The van der Waals surface area contributed by atoms with Gasteiger partial charge in [-0.3, -0.25) is 14.9 Å². The quantitative estimate of drug-likeness (QED) is 0.473. The van der Waals surface area contributed by atoms with Crippen molar-refractivity contribution in [2.24, 2.45) is 0 Å². The van der Waals surface area contributed by atoms with E-state index in [1.165, 1.54) is 5.56 Å². The standard InChI is InChI=1S/C25H25N3O3S/c1-3-6-16-10-12-17(13-11-16)21(20-9-5-14-32-20)26-22(29)18-7-4-8-19(15-18)25(2)23(30)27-24(31)28-25/h4-5,7-15,21H,3,6H2,1-2H3,(H,26,29)(H2,27,28,30,31)/t21-,25-/m1/s1. The van der Waals surface area contributed by atoms with Crippen LogP contribution in [0.4, 0.5) is 4.79 Å². The van der Waals surface area contributed by atoms with Gasteiger partial charge in [0.25, 0.3) is 11.8 Å². The van der Waals surface area contributed by atoms with Crippen molar-refractivity contribution in [1.82, 2.24) is 16.0 Å². The topological polar surface area (TPSA) is 87.3 Å². The molecule has 1 aliphatic rings. The summed E-state index contributed by atoms with van der Waals surface area (Å²) in [7, 11) is 0.